The zero-order chi connectivity index (χ0) is 13.5. The highest BCUT2D eigenvalue weighted by Crippen LogP contribution is 2.40. The largest absolute Gasteiger partial charge is 0.288 e. The maximum atomic E-state index is 4.81. The summed E-state index contributed by atoms with van der Waals surface area (Å²) in [6.45, 7) is 0. The van der Waals surface area contributed by atoms with E-state index in [1.165, 1.54) is 10.6 Å². The summed E-state index contributed by atoms with van der Waals surface area (Å²) < 4.78 is 3.25. The molecule has 0 N–H and O–H groups in total. The third-order valence-electron chi connectivity index (χ3n) is 3.40. The molecule has 0 bridgehead atoms. The van der Waals surface area contributed by atoms with E-state index in [2.05, 4.69) is 56.9 Å². The minimum Gasteiger partial charge on any atom is -0.288 e. The number of hydrogen-bond donors (Lipinski definition) is 0. The van der Waals surface area contributed by atoms with E-state index >= 15 is 0 Å². The molecule has 1 aliphatic rings. The predicted octanol–water partition coefficient (Wildman–Crippen LogP) is 4.91. The second kappa shape index (κ2) is 4.79. The van der Waals surface area contributed by atoms with Gasteiger partial charge >= 0.3 is 0 Å². The summed E-state index contributed by atoms with van der Waals surface area (Å²) in [6.07, 6.45) is 0. The average Bonchev–Trinajstić information content (AvgIpc) is 2.86. The SMILES string of the molecule is Brc1c(-c2ccccc2)nc2n1-c1ccccc1SC2. The van der Waals surface area contributed by atoms with Crippen LogP contribution in [0.15, 0.2) is 64.1 Å². The van der Waals surface area contributed by atoms with Gasteiger partial charge in [0.2, 0.25) is 0 Å². The van der Waals surface area contributed by atoms with Gasteiger partial charge < -0.3 is 0 Å². The first-order valence-corrected chi connectivity index (χ1v) is 8.17. The van der Waals surface area contributed by atoms with E-state index in [1.54, 1.807) is 0 Å². The third kappa shape index (κ3) is 1.83. The summed E-state index contributed by atoms with van der Waals surface area (Å²) in [6, 6.07) is 18.8. The van der Waals surface area contributed by atoms with E-state index < -0.39 is 0 Å². The lowest BCUT2D eigenvalue weighted by molar-refractivity contribution is 0.907. The van der Waals surface area contributed by atoms with Crippen molar-refractivity contribution in [2.75, 3.05) is 0 Å². The Morgan fingerprint density at radius 3 is 2.60 bits per heavy atom. The fraction of sp³-hybridized carbons (Fsp3) is 0.0625. The Bertz CT molecular complexity index is 780. The molecule has 2 nitrogen and oxygen atoms in total. The summed E-state index contributed by atoms with van der Waals surface area (Å²) >= 11 is 5.58. The van der Waals surface area contributed by atoms with E-state index in [0.717, 1.165) is 27.4 Å². The van der Waals surface area contributed by atoms with E-state index in [4.69, 9.17) is 4.98 Å². The van der Waals surface area contributed by atoms with Crippen LogP contribution in [0.1, 0.15) is 5.82 Å². The monoisotopic (exact) mass is 342 g/mol. The summed E-state index contributed by atoms with van der Waals surface area (Å²) in [7, 11) is 0. The van der Waals surface area contributed by atoms with E-state index in [0.29, 0.717) is 0 Å². The average molecular weight is 343 g/mol. The van der Waals surface area contributed by atoms with Crippen molar-refractivity contribution in [3.8, 4) is 16.9 Å². The molecule has 0 unspecified atom stereocenters. The van der Waals surface area contributed by atoms with Crippen molar-refractivity contribution in [3.63, 3.8) is 0 Å². The molecule has 0 amide bonds. The Hall–Kier alpha value is -1.52. The van der Waals surface area contributed by atoms with Gasteiger partial charge in [-0.05, 0) is 28.1 Å². The van der Waals surface area contributed by atoms with E-state index in [-0.39, 0.29) is 0 Å². The first-order chi connectivity index (χ1) is 9.84. The lowest BCUT2D eigenvalue weighted by Crippen LogP contribution is -2.06. The van der Waals surface area contributed by atoms with Crippen molar-refractivity contribution in [2.45, 2.75) is 10.6 Å². The minimum atomic E-state index is 0.905. The van der Waals surface area contributed by atoms with Crippen LogP contribution in [-0.2, 0) is 5.75 Å². The van der Waals surface area contributed by atoms with Gasteiger partial charge in [0.05, 0.1) is 11.4 Å². The molecule has 1 aliphatic heterocycles. The first-order valence-electron chi connectivity index (χ1n) is 6.39. The number of para-hydroxylation sites is 1. The van der Waals surface area contributed by atoms with E-state index in [9.17, 15) is 0 Å². The van der Waals surface area contributed by atoms with Gasteiger partial charge in [-0.25, -0.2) is 4.98 Å². The van der Waals surface area contributed by atoms with Gasteiger partial charge in [-0.2, -0.15) is 0 Å². The maximum absolute atomic E-state index is 4.81. The molecule has 20 heavy (non-hydrogen) atoms. The number of halogens is 1. The van der Waals surface area contributed by atoms with Gasteiger partial charge in [0.25, 0.3) is 0 Å². The summed E-state index contributed by atoms with van der Waals surface area (Å²) in [5.41, 5.74) is 3.36. The lowest BCUT2D eigenvalue weighted by atomic mass is 10.2. The molecule has 4 rings (SSSR count). The van der Waals surface area contributed by atoms with Crippen LogP contribution in [0.4, 0.5) is 0 Å². The smallest absolute Gasteiger partial charge is 0.125 e. The molecule has 98 valence electrons. The second-order valence-electron chi connectivity index (χ2n) is 4.63. The molecule has 0 fully saturated rings. The number of fused-ring (bicyclic) bond motifs is 3. The summed E-state index contributed by atoms with van der Waals surface area (Å²) in [4.78, 5) is 6.12. The number of benzene rings is 2. The number of nitrogens with zero attached hydrogens (tertiary/aromatic N) is 2. The highest BCUT2D eigenvalue weighted by molar-refractivity contribution is 9.10. The summed E-state index contributed by atoms with van der Waals surface area (Å²) in [5, 5.41) is 0. The Kier molecular flexibility index (Phi) is 2.93. The zero-order valence-electron chi connectivity index (χ0n) is 10.6. The molecule has 1 aromatic heterocycles. The third-order valence-corrected chi connectivity index (χ3v) is 5.19. The van der Waals surface area contributed by atoms with Crippen molar-refractivity contribution >= 4 is 27.7 Å². The molecule has 0 saturated carbocycles. The summed E-state index contributed by atoms with van der Waals surface area (Å²) in [5.74, 6) is 2.00. The topological polar surface area (TPSA) is 17.8 Å². The molecule has 2 aromatic carbocycles. The Morgan fingerprint density at radius 2 is 1.75 bits per heavy atom. The maximum Gasteiger partial charge on any atom is 0.125 e. The number of aromatic nitrogens is 2. The van der Waals surface area contributed by atoms with Crippen molar-refractivity contribution in [1.29, 1.82) is 0 Å². The predicted molar refractivity (Wildman–Crippen MR) is 86.3 cm³/mol. The zero-order valence-corrected chi connectivity index (χ0v) is 13.0. The number of hydrogen-bond acceptors (Lipinski definition) is 2. The van der Waals surface area contributed by atoms with Gasteiger partial charge in [0.15, 0.2) is 0 Å². The molecule has 4 heteroatoms. The van der Waals surface area contributed by atoms with E-state index in [1.807, 2.05) is 30.0 Å². The molecule has 3 aromatic rings. The minimum absolute atomic E-state index is 0.905. The molecule has 0 aliphatic carbocycles. The molecule has 0 atom stereocenters. The van der Waals surface area contributed by atoms with Crippen molar-refractivity contribution in [1.82, 2.24) is 9.55 Å². The highest BCUT2D eigenvalue weighted by atomic mass is 79.9. The van der Waals surface area contributed by atoms with Crippen molar-refractivity contribution in [2.24, 2.45) is 0 Å². The highest BCUT2D eigenvalue weighted by Gasteiger charge is 2.23. The molecular formula is C16H11BrN2S. The molecule has 0 radical (unpaired) electrons. The number of rotatable bonds is 1. The van der Waals surface area contributed by atoms with Crippen LogP contribution in [0.5, 0.6) is 0 Å². The van der Waals surface area contributed by atoms with Crippen LogP contribution in [0, 0.1) is 0 Å². The standard InChI is InChI=1S/C16H11BrN2S/c17-16-15(11-6-2-1-3-7-11)18-14-10-20-13-9-5-4-8-12(13)19(14)16/h1-9H,10H2. The van der Waals surface area contributed by atoms with Crippen molar-refractivity contribution < 1.29 is 0 Å². The molecule has 2 heterocycles. The van der Waals surface area contributed by atoms with Crippen LogP contribution in [0.2, 0.25) is 0 Å². The van der Waals surface area contributed by atoms with Gasteiger partial charge in [-0.15, -0.1) is 11.8 Å². The Labute approximate surface area is 130 Å². The van der Waals surface area contributed by atoms with Gasteiger partial charge in [0, 0.05) is 10.5 Å². The van der Waals surface area contributed by atoms with Crippen LogP contribution in [-0.4, -0.2) is 9.55 Å². The fourth-order valence-corrected chi connectivity index (χ4v) is 4.15. The van der Waals surface area contributed by atoms with Gasteiger partial charge in [0.1, 0.15) is 16.1 Å². The molecule has 0 spiro atoms. The van der Waals surface area contributed by atoms with Crippen LogP contribution >= 0.6 is 27.7 Å². The lowest BCUT2D eigenvalue weighted by Gasteiger charge is -2.18. The van der Waals surface area contributed by atoms with Crippen LogP contribution < -0.4 is 0 Å². The number of thioether (sulfide) groups is 1. The Balaban J connectivity index is 1.95. The van der Waals surface area contributed by atoms with Gasteiger partial charge in [-0.1, -0.05) is 42.5 Å². The van der Waals surface area contributed by atoms with Crippen LogP contribution in [0.3, 0.4) is 0 Å². The molecular weight excluding hydrogens is 332 g/mol. The number of imidazole rings is 1. The first kappa shape index (κ1) is 12.2. The Morgan fingerprint density at radius 1 is 1.00 bits per heavy atom. The molecule has 0 saturated heterocycles. The van der Waals surface area contributed by atoms with Crippen molar-refractivity contribution in [3.05, 3.63) is 65.0 Å². The fourth-order valence-electron chi connectivity index (χ4n) is 2.47. The quantitative estimate of drug-likeness (QED) is 0.625. The van der Waals surface area contributed by atoms with Crippen LogP contribution in [0.25, 0.3) is 16.9 Å². The normalized spacial score (nSPS) is 12.8. The second-order valence-corrected chi connectivity index (χ2v) is 6.39. The van der Waals surface area contributed by atoms with Gasteiger partial charge in [-0.3, -0.25) is 4.57 Å².